The highest BCUT2D eigenvalue weighted by Crippen LogP contribution is 2.46. The number of alkyl halides is 8. The van der Waals surface area contributed by atoms with E-state index in [1.807, 2.05) is 13.8 Å². The molecule has 4 aliphatic carbocycles. The fourth-order valence-corrected chi connectivity index (χ4v) is 18.0. The molecule has 2 bridgehead atoms. The number of ether oxygens (including phenoxy) is 2. The van der Waals surface area contributed by atoms with E-state index in [2.05, 4.69) is 16.0 Å². The lowest BCUT2D eigenvalue weighted by Gasteiger charge is -2.47. The molecular formula is C77H120F8N12O14. The van der Waals surface area contributed by atoms with Gasteiger partial charge in [0, 0.05) is 81.5 Å². The third-order valence-electron chi connectivity index (χ3n) is 25.1. The van der Waals surface area contributed by atoms with E-state index in [0.29, 0.717) is 57.8 Å². The van der Waals surface area contributed by atoms with E-state index in [-0.39, 0.29) is 123 Å². The molecule has 4 saturated heterocycles. The zero-order chi connectivity index (χ0) is 81.9. The SMILES string of the molecule is CCO[C@@H]1C[C@H]2C(=O)NC3(CCC3)C(=O)N(C)[C@@H](C3CCCC3)C(=O)N(C)[C@H](C(=O)N3CCOCC3)CC(=O)N(C)[C@@H](CC(C)C)C(=O)N[C@@H]([C@@H](C)CC)C(=O)N(C)CC(=O)N(C)[C@H]3CCCCCN(C3=O)[C@@H](CC3CCC(C(F)(F)F)CC3)C(=O)N(C)CC(=O)N[C@@H](CCC3CC(F)C(C(F)(F)F)C(F)C3)C(=O)N2C1. The number of carbonyl (C=O) groups is 12. The standard InChI is InChI=1S/C77H120F8N12O14/c1-12-46(5)64-72(107)90(7)44-62(100)91(8)55-22-15-14-18-31-96(71(55)106)59(39-47-23-26-50(27-24-47)76(80,81)82)69(104)89(6)43-60(98)86-54(28-25-48-37-52(78)63(53(79)38-48)77(83,84)85)68(103)97-42-51(111-13-2)40-57(97)67(102)88-75(29-19-30-75)74(109)94(11)65(49-20-16-17-21-49)73(108)93(10)58(70(105)95-32-34-110-35-33-95)41-61(99)92(9)56(36-45(3)4)66(101)87-64/h45-59,63-65H,12-44H2,1-11H3,(H,86,98)(H,87,101)(H,88,102)/t46-,47?,48?,50?,51+,52?,53?,54-,55-,56-,57-,58-,59-,63?,64-,65-/m0/s1. The van der Waals surface area contributed by atoms with Gasteiger partial charge >= 0.3 is 12.4 Å². The summed E-state index contributed by atoms with van der Waals surface area (Å²) >= 11 is 0. The molecule has 12 atom stereocenters. The topological polar surface area (TPSA) is 289 Å². The van der Waals surface area contributed by atoms with Crippen molar-refractivity contribution in [3.8, 4) is 0 Å². The van der Waals surface area contributed by atoms with Crippen molar-refractivity contribution in [1.82, 2.24) is 60.0 Å². The summed E-state index contributed by atoms with van der Waals surface area (Å²) < 4.78 is 127. The van der Waals surface area contributed by atoms with Crippen molar-refractivity contribution >= 4 is 70.9 Å². The second-order valence-corrected chi connectivity index (χ2v) is 33.2. The predicted octanol–water partition coefficient (Wildman–Crippen LogP) is 6.35. The number of rotatable bonds is 13. The smallest absolute Gasteiger partial charge is 0.378 e. The van der Waals surface area contributed by atoms with E-state index in [1.54, 1.807) is 20.8 Å². The van der Waals surface area contributed by atoms with Crippen molar-refractivity contribution in [2.75, 3.05) is 101 Å². The molecule has 34 heteroatoms. The van der Waals surface area contributed by atoms with Crippen LogP contribution in [0.3, 0.4) is 0 Å². The van der Waals surface area contributed by atoms with Gasteiger partial charge in [-0.25, -0.2) is 8.78 Å². The normalized spacial score (nSPS) is 32.2. The fourth-order valence-electron chi connectivity index (χ4n) is 18.0. The zero-order valence-corrected chi connectivity index (χ0v) is 66.5. The number of halogens is 8. The quantitative estimate of drug-likeness (QED) is 0.170. The number of nitrogens with one attached hydrogen (secondary N) is 3. The van der Waals surface area contributed by atoms with Crippen molar-refractivity contribution in [2.45, 2.75) is 273 Å². The van der Waals surface area contributed by atoms with Crippen LogP contribution in [0, 0.1) is 41.4 Å². The Bertz CT molecular complexity index is 3270. The number of hydrogen-bond acceptors (Lipinski definition) is 14. The van der Waals surface area contributed by atoms with Crippen LogP contribution in [0.4, 0.5) is 35.1 Å². The van der Waals surface area contributed by atoms with E-state index in [0.717, 1.165) is 24.5 Å². The molecule has 0 aromatic heterocycles. The Morgan fingerprint density at radius 1 is 0.595 bits per heavy atom. The Morgan fingerprint density at radius 2 is 1.22 bits per heavy atom. The highest BCUT2D eigenvalue weighted by Gasteiger charge is 2.56. The summed E-state index contributed by atoms with van der Waals surface area (Å²) in [6.07, 6.45) is -15.2. The van der Waals surface area contributed by atoms with Gasteiger partial charge in [0.1, 0.15) is 72.1 Å². The Morgan fingerprint density at radius 3 is 1.79 bits per heavy atom. The maximum absolute atomic E-state index is 15.7. The molecule has 8 rings (SSSR count). The summed E-state index contributed by atoms with van der Waals surface area (Å²) in [5.74, 6) is -16.8. The zero-order valence-electron chi connectivity index (χ0n) is 66.5. The minimum absolute atomic E-state index is 0.00760. The molecule has 4 aliphatic heterocycles. The van der Waals surface area contributed by atoms with Gasteiger partial charge in [0.2, 0.25) is 70.9 Å². The third kappa shape index (κ3) is 21.9. The molecule has 8 fully saturated rings. The molecule has 0 aromatic rings. The lowest BCUT2D eigenvalue weighted by atomic mass is 9.74. The summed E-state index contributed by atoms with van der Waals surface area (Å²) in [5.41, 5.74) is -1.70. The van der Waals surface area contributed by atoms with Crippen molar-refractivity contribution in [1.29, 1.82) is 0 Å². The van der Waals surface area contributed by atoms with Gasteiger partial charge in [0.05, 0.1) is 44.7 Å². The van der Waals surface area contributed by atoms with Crippen molar-refractivity contribution < 1.29 is 102 Å². The largest absolute Gasteiger partial charge is 0.397 e. The first kappa shape index (κ1) is 89.5. The predicted molar refractivity (Wildman–Crippen MR) is 390 cm³/mol. The van der Waals surface area contributed by atoms with Gasteiger partial charge in [0.25, 0.3) is 0 Å². The molecule has 4 heterocycles. The van der Waals surface area contributed by atoms with Crippen LogP contribution in [0.5, 0.6) is 0 Å². The van der Waals surface area contributed by atoms with Crippen LogP contribution in [0.2, 0.25) is 0 Å². The number of carbonyl (C=O) groups excluding carboxylic acids is 12. The molecule has 8 aliphatic rings. The van der Waals surface area contributed by atoms with Gasteiger partial charge in [-0.1, -0.05) is 59.8 Å². The lowest BCUT2D eigenvalue weighted by molar-refractivity contribution is -0.219. The minimum atomic E-state index is -5.22. The van der Waals surface area contributed by atoms with Gasteiger partial charge in [-0.3, -0.25) is 57.5 Å². The molecule has 1 spiro atoms. The number of nitrogens with zero attached hydrogens (tertiary/aromatic N) is 9. The van der Waals surface area contributed by atoms with Crippen LogP contribution in [0.15, 0.2) is 0 Å². The molecule has 111 heavy (non-hydrogen) atoms. The molecular weight excluding hydrogens is 1470 g/mol. The van der Waals surface area contributed by atoms with Crippen LogP contribution < -0.4 is 16.0 Å². The molecule has 628 valence electrons. The first-order valence-corrected chi connectivity index (χ1v) is 40.2. The third-order valence-corrected chi connectivity index (χ3v) is 25.1. The monoisotopic (exact) mass is 1590 g/mol. The van der Waals surface area contributed by atoms with E-state index < -0.39 is 230 Å². The number of amides is 12. The van der Waals surface area contributed by atoms with Crippen molar-refractivity contribution in [3.05, 3.63) is 0 Å². The molecule has 0 radical (unpaired) electrons. The Balaban J connectivity index is 1.21. The van der Waals surface area contributed by atoms with Gasteiger partial charge in [-0.05, 0) is 146 Å². The number of hydrogen-bond donors (Lipinski definition) is 3. The first-order chi connectivity index (χ1) is 52.2. The average molecular weight is 1590 g/mol. The van der Waals surface area contributed by atoms with Gasteiger partial charge in [0.15, 0.2) is 0 Å². The molecule has 26 nitrogen and oxygen atoms in total. The van der Waals surface area contributed by atoms with E-state index in [4.69, 9.17) is 9.47 Å². The van der Waals surface area contributed by atoms with Gasteiger partial charge in [-0.2, -0.15) is 26.3 Å². The van der Waals surface area contributed by atoms with Crippen molar-refractivity contribution in [3.63, 3.8) is 0 Å². The second-order valence-electron chi connectivity index (χ2n) is 33.2. The van der Waals surface area contributed by atoms with Crippen LogP contribution in [-0.2, 0) is 67.0 Å². The first-order valence-electron chi connectivity index (χ1n) is 40.2. The molecule has 0 aromatic carbocycles. The summed E-state index contributed by atoms with van der Waals surface area (Å²) in [5, 5.41) is 8.47. The average Bonchev–Trinajstić information content (AvgIpc) is 1.70. The maximum Gasteiger partial charge on any atom is 0.397 e. The summed E-state index contributed by atoms with van der Waals surface area (Å²) in [6, 6.07) is -11.3. The maximum atomic E-state index is 15.7. The molecule has 3 N–H and O–H groups in total. The lowest BCUT2D eigenvalue weighted by Crippen LogP contribution is -2.68. The molecule has 4 saturated carbocycles. The Kier molecular flexibility index (Phi) is 31.4. The van der Waals surface area contributed by atoms with Crippen LogP contribution >= 0.6 is 0 Å². The molecule has 12 amide bonds. The second kappa shape index (κ2) is 38.9. The number of likely N-dealkylation sites (N-methyl/N-ethyl adjacent to an activating group) is 6. The van der Waals surface area contributed by atoms with E-state index >= 15 is 51.9 Å². The summed E-state index contributed by atoms with van der Waals surface area (Å²) in [4.78, 5) is 194. The highest BCUT2D eigenvalue weighted by atomic mass is 19.4. The fraction of sp³-hybridized carbons (Fsp3) is 0.844. The summed E-state index contributed by atoms with van der Waals surface area (Å²) in [6.45, 7) is 7.54. The van der Waals surface area contributed by atoms with Crippen LogP contribution in [0.25, 0.3) is 0 Å². The number of morpholine rings is 1. The van der Waals surface area contributed by atoms with Crippen LogP contribution in [0.1, 0.15) is 189 Å². The number of fused-ring (bicyclic) bond motifs is 3. The Labute approximate surface area is 646 Å². The minimum Gasteiger partial charge on any atom is -0.378 e. The van der Waals surface area contributed by atoms with Crippen molar-refractivity contribution in [2.24, 2.45) is 41.4 Å². The van der Waals surface area contributed by atoms with Crippen LogP contribution in [-0.4, -0.2) is 301 Å². The highest BCUT2D eigenvalue weighted by molar-refractivity contribution is 6.01. The summed E-state index contributed by atoms with van der Waals surface area (Å²) in [7, 11) is 8.11. The van der Waals surface area contributed by atoms with Gasteiger partial charge in [-0.15, -0.1) is 0 Å². The van der Waals surface area contributed by atoms with E-state index in [1.165, 1.54) is 61.9 Å². The van der Waals surface area contributed by atoms with Gasteiger partial charge < -0.3 is 69.5 Å². The van der Waals surface area contributed by atoms with E-state index in [9.17, 15) is 40.7 Å². The molecule has 2 unspecified atom stereocenters. The Hall–Kier alpha value is -7.00.